The molecule has 2 amide bonds. The minimum Gasteiger partial charge on any atom is -0.510 e. The number of hydrogen-bond donors (Lipinski definition) is 6. The molecule has 1 heterocycles. The maximum Gasteiger partial charge on any atom is 0.255 e. The number of aliphatic hydroxyl groups is 3. The van der Waals surface area contributed by atoms with Gasteiger partial charge in [-0.25, -0.2) is 4.39 Å². The van der Waals surface area contributed by atoms with Crippen molar-refractivity contribution in [1.29, 1.82) is 0 Å². The molecule has 0 bridgehead atoms. The number of phenolic OH excluding ortho intramolecular Hbond substituents is 1. The third-order valence-corrected chi connectivity index (χ3v) is 8.75. The molecule has 1 aliphatic heterocycles. The number of ketones is 2. The van der Waals surface area contributed by atoms with Gasteiger partial charge >= 0.3 is 0 Å². The average molecular weight is 559 g/mol. The number of phenols is 1. The predicted octanol–water partition coefficient (Wildman–Crippen LogP) is 0.292. The number of likely N-dealkylation sites (N-methyl/N-ethyl adjacent to an activating group) is 2. The van der Waals surface area contributed by atoms with Crippen LogP contribution >= 0.6 is 0 Å². The van der Waals surface area contributed by atoms with E-state index in [1.807, 2.05) is 4.90 Å². The van der Waals surface area contributed by atoms with E-state index in [0.717, 1.165) is 12.5 Å². The molecule has 0 aromatic heterocycles. The zero-order valence-corrected chi connectivity index (χ0v) is 22.2. The Labute approximate surface area is 228 Å². The van der Waals surface area contributed by atoms with E-state index < -0.39 is 92.7 Å². The van der Waals surface area contributed by atoms with Crippen LogP contribution in [0.2, 0.25) is 0 Å². The summed E-state index contributed by atoms with van der Waals surface area (Å²) in [6, 6.07) is -0.710. The van der Waals surface area contributed by atoms with Crippen LogP contribution in [-0.4, -0.2) is 99.0 Å². The molecular weight excluding hydrogens is 527 g/mol. The smallest absolute Gasteiger partial charge is 0.255 e. The van der Waals surface area contributed by atoms with Gasteiger partial charge in [-0.3, -0.25) is 29.0 Å². The van der Waals surface area contributed by atoms with Gasteiger partial charge in [-0.1, -0.05) is 0 Å². The van der Waals surface area contributed by atoms with Gasteiger partial charge in [0.25, 0.3) is 5.91 Å². The first-order chi connectivity index (χ1) is 18.7. The Hall–Kier alpha value is -3.81. The molecule has 0 unspecified atom stereocenters. The summed E-state index contributed by atoms with van der Waals surface area (Å²) in [5.41, 5.74) is 0.228. The molecule has 5 rings (SSSR count). The third-order valence-electron chi connectivity index (χ3n) is 8.75. The maximum atomic E-state index is 15.4. The van der Waals surface area contributed by atoms with E-state index in [-0.39, 0.29) is 24.1 Å². The molecule has 40 heavy (non-hydrogen) atoms. The van der Waals surface area contributed by atoms with Crippen LogP contribution in [-0.2, 0) is 20.8 Å². The van der Waals surface area contributed by atoms with Crippen molar-refractivity contribution in [3.63, 3.8) is 0 Å². The molecule has 0 spiro atoms. The number of carbonyl (C=O) groups excluding carboxylic acids is 4. The molecule has 4 aliphatic rings. The van der Waals surface area contributed by atoms with Gasteiger partial charge in [0.2, 0.25) is 11.7 Å². The summed E-state index contributed by atoms with van der Waals surface area (Å²) in [7, 11) is 4.80. The minimum absolute atomic E-state index is 0.147. The van der Waals surface area contributed by atoms with Crippen molar-refractivity contribution in [2.75, 3.05) is 33.0 Å². The molecule has 214 valence electrons. The van der Waals surface area contributed by atoms with E-state index in [1.54, 1.807) is 7.05 Å². The number of primary amides is 1. The number of fused-ring (bicyclic) bond motifs is 3. The molecule has 1 aromatic carbocycles. The second-order valence-electron chi connectivity index (χ2n) is 11.2. The highest BCUT2D eigenvalue weighted by atomic mass is 19.1. The summed E-state index contributed by atoms with van der Waals surface area (Å²) in [5, 5.41) is 47.2. The SMILES string of the molecule is CN(C)[C@@H]1C(O)=C(C(N)=O)C(=O)[C@@]2(O)C(O)=C3C(=O)c4c(O)c(NC(=O)[C@H]5CCCN5C)cc(F)c4C[C@H]3C[C@@H]12. The number of likely N-dealkylation sites (tertiary alicyclic amines) is 1. The van der Waals surface area contributed by atoms with Crippen molar-refractivity contribution in [3.05, 3.63) is 45.7 Å². The Balaban J connectivity index is 1.62. The fraction of sp³-hybridized carbons (Fsp3) is 0.481. The Bertz CT molecular complexity index is 1440. The first-order valence-electron chi connectivity index (χ1n) is 12.9. The number of nitrogens with one attached hydrogen (secondary N) is 1. The topological polar surface area (TPSA) is 194 Å². The fourth-order valence-corrected chi connectivity index (χ4v) is 6.83. The zero-order valence-electron chi connectivity index (χ0n) is 22.2. The van der Waals surface area contributed by atoms with Gasteiger partial charge in [0, 0.05) is 23.1 Å². The van der Waals surface area contributed by atoms with Crippen LogP contribution in [0.15, 0.2) is 28.7 Å². The maximum absolute atomic E-state index is 15.4. The highest BCUT2D eigenvalue weighted by Crippen LogP contribution is 2.53. The standard InChI is InChI=1S/C27H31FN4O8/c1-31(2)19-12-8-10-7-11-13(28)9-14(30-26(39)15-5-4-6-32(15)3)20(33)17(11)21(34)16(10)23(36)27(12,40)24(37)18(22(19)35)25(29)38/h9-10,12,15,19,33,35-36,40H,4-8H2,1-3H3,(H2,29,38)(H,30,39)/t10-,12-,15+,19-,27-/m0/s1. The monoisotopic (exact) mass is 558 g/mol. The van der Waals surface area contributed by atoms with Gasteiger partial charge in [0.1, 0.15) is 22.9 Å². The van der Waals surface area contributed by atoms with Gasteiger partial charge in [-0.05, 0) is 59.3 Å². The van der Waals surface area contributed by atoms with E-state index in [9.17, 15) is 39.6 Å². The lowest BCUT2D eigenvalue weighted by Gasteiger charge is -2.50. The second kappa shape index (κ2) is 9.39. The van der Waals surface area contributed by atoms with E-state index in [2.05, 4.69) is 5.32 Å². The predicted molar refractivity (Wildman–Crippen MR) is 138 cm³/mol. The van der Waals surface area contributed by atoms with Crippen LogP contribution < -0.4 is 11.1 Å². The minimum atomic E-state index is -2.79. The van der Waals surface area contributed by atoms with Crippen molar-refractivity contribution >= 4 is 29.1 Å². The Morgan fingerprint density at radius 1 is 1.23 bits per heavy atom. The lowest BCUT2D eigenvalue weighted by atomic mass is 9.58. The number of benzene rings is 1. The number of Topliss-reactive ketones (excluding diaryl/α,β-unsaturated/α-hetero) is 2. The van der Waals surface area contributed by atoms with Crippen LogP contribution in [0.5, 0.6) is 5.75 Å². The fourth-order valence-electron chi connectivity index (χ4n) is 6.83. The molecule has 1 fully saturated rings. The summed E-state index contributed by atoms with van der Waals surface area (Å²) >= 11 is 0. The number of hydrogen-bond acceptors (Lipinski definition) is 10. The van der Waals surface area contributed by atoms with E-state index in [0.29, 0.717) is 13.0 Å². The van der Waals surface area contributed by atoms with Crippen molar-refractivity contribution in [2.24, 2.45) is 17.6 Å². The average Bonchev–Trinajstić information content (AvgIpc) is 3.30. The first kappa shape index (κ1) is 27.7. The van der Waals surface area contributed by atoms with Crippen LogP contribution in [0.4, 0.5) is 10.1 Å². The van der Waals surface area contributed by atoms with E-state index >= 15 is 4.39 Å². The van der Waals surface area contributed by atoms with Crippen molar-refractivity contribution in [1.82, 2.24) is 9.80 Å². The van der Waals surface area contributed by atoms with Gasteiger partial charge in [-0.15, -0.1) is 0 Å². The quantitative estimate of drug-likeness (QED) is 0.221. The normalized spacial score (nSPS) is 30.4. The highest BCUT2D eigenvalue weighted by molar-refractivity contribution is 6.25. The molecule has 0 saturated carbocycles. The number of amides is 2. The van der Waals surface area contributed by atoms with Crippen LogP contribution in [0.3, 0.4) is 0 Å². The molecule has 7 N–H and O–H groups in total. The molecule has 3 aliphatic carbocycles. The Morgan fingerprint density at radius 3 is 2.48 bits per heavy atom. The summed E-state index contributed by atoms with van der Waals surface area (Å²) in [4.78, 5) is 55.2. The number of aliphatic hydroxyl groups excluding tert-OH is 2. The Kier molecular flexibility index (Phi) is 6.51. The molecule has 0 radical (unpaired) electrons. The number of anilines is 1. The summed E-state index contributed by atoms with van der Waals surface area (Å²) in [5.74, 6) is -9.62. The third kappa shape index (κ3) is 3.75. The summed E-state index contributed by atoms with van der Waals surface area (Å²) in [6.45, 7) is 0.692. The lowest BCUT2D eigenvalue weighted by Crippen LogP contribution is -2.63. The number of nitrogens with two attached hydrogens (primary N) is 1. The molecule has 1 saturated heterocycles. The van der Waals surface area contributed by atoms with Crippen LogP contribution in [0.25, 0.3) is 0 Å². The van der Waals surface area contributed by atoms with Crippen molar-refractivity contribution < 1.29 is 44.0 Å². The van der Waals surface area contributed by atoms with E-state index in [4.69, 9.17) is 5.73 Å². The second-order valence-corrected chi connectivity index (χ2v) is 11.2. The van der Waals surface area contributed by atoms with Crippen LogP contribution in [0, 0.1) is 17.7 Å². The molecule has 1 aromatic rings. The lowest BCUT2D eigenvalue weighted by molar-refractivity contribution is -0.148. The van der Waals surface area contributed by atoms with E-state index in [1.165, 1.54) is 19.0 Å². The molecular formula is C27H31FN4O8. The number of aromatic hydroxyl groups is 1. The van der Waals surface area contributed by atoms with Crippen molar-refractivity contribution in [2.45, 2.75) is 43.4 Å². The van der Waals surface area contributed by atoms with Crippen LogP contribution in [0.1, 0.15) is 35.2 Å². The number of nitrogens with zero attached hydrogens (tertiary/aromatic N) is 2. The van der Waals surface area contributed by atoms with Gasteiger partial charge in [-0.2, -0.15) is 0 Å². The van der Waals surface area contributed by atoms with Gasteiger partial charge < -0.3 is 31.5 Å². The molecule has 12 nitrogen and oxygen atoms in total. The highest BCUT2D eigenvalue weighted by Gasteiger charge is 2.63. The van der Waals surface area contributed by atoms with Gasteiger partial charge in [0.15, 0.2) is 17.1 Å². The number of carbonyl (C=O) groups is 4. The number of halogens is 1. The zero-order chi connectivity index (χ0) is 29.4. The number of rotatable bonds is 4. The van der Waals surface area contributed by atoms with Crippen molar-refractivity contribution in [3.8, 4) is 5.75 Å². The Morgan fingerprint density at radius 2 is 1.90 bits per heavy atom. The molecule has 5 atom stereocenters. The summed E-state index contributed by atoms with van der Waals surface area (Å²) in [6.07, 6.45) is 1.01. The summed E-state index contributed by atoms with van der Waals surface area (Å²) < 4.78 is 15.4. The first-order valence-corrected chi connectivity index (χ1v) is 12.9. The molecule has 13 heteroatoms. The number of allylic oxidation sites excluding steroid dienone is 1. The van der Waals surface area contributed by atoms with Gasteiger partial charge in [0.05, 0.1) is 23.3 Å². The largest absolute Gasteiger partial charge is 0.510 e.